The van der Waals surface area contributed by atoms with Crippen LogP contribution < -0.4 is 10.6 Å². The number of aryl methyl sites for hydroxylation is 1. The van der Waals surface area contributed by atoms with E-state index in [1.807, 2.05) is 31.2 Å². The molecule has 5 heteroatoms. The molecule has 108 valence electrons. The first-order valence-electron chi connectivity index (χ1n) is 6.41. The van der Waals surface area contributed by atoms with E-state index in [9.17, 15) is 9.59 Å². The van der Waals surface area contributed by atoms with Crippen LogP contribution in [0.4, 0.5) is 11.4 Å². The zero-order valence-electron chi connectivity index (χ0n) is 11.7. The Labute approximate surface area is 128 Å². The van der Waals surface area contributed by atoms with Crippen molar-refractivity contribution in [3.8, 4) is 0 Å². The van der Waals surface area contributed by atoms with Crippen molar-refractivity contribution >= 4 is 34.8 Å². The lowest BCUT2D eigenvalue weighted by Gasteiger charge is -2.09. The summed E-state index contributed by atoms with van der Waals surface area (Å²) >= 11 is 5.98. The van der Waals surface area contributed by atoms with Gasteiger partial charge in [-0.25, -0.2) is 0 Å². The number of anilines is 2. The Hall–Kier alpha value is -2.33. The van der Waals surface area contributed by atoms with Crippen molar-refractivity contribution in [1.29, 1.82) is 0 Å². The average Bonchev–Trinajstić information content (AvgIpc) is 2.43. The van der Waals surface area contributed by atoms with Crippen LogP contribution in [0.2, 0.25) is 5.02 Å². The molecule has 2 amide bonds. The molecule has 0 unspecified atom stereocenters. The molecule has 0 aliphatic carbocycles. The van der Waals surface area contributed by atoms with Crippen LogP contribution in [0.25, 0.3) is 0 Å². The lowest BCUT2D eigenvalue weighted by Crippen LogP contribution is -2.13. The minimum Gasteiger partial charge on any atom is -0.325 e. The van der Waals surface area contributed by atoms with Crippen LogP contribution in [0.3, 0.4) is 0 Å². The molecule has 2 rings (SSSR count). The number of carbonyl (C=O) groups excluding carboxylic acids is 2. The second-order valence-electron chi connectivity index (χ2n) is 4.70. The standard InChI is InChI=1S/C16H15ClN2O2/c1-10-3-6-13(7-4-10)19-16(21)12-5-8-14(17)15(9-12)18-11(2)20/h3-9H,1-2H3,(H,18,20)(H,19,21). The summed E-state index contributed by atoms with van der Waals surface area (Å²) in [6.45, 7) is 3.36. The monoisotopic (exact) mass is 302 g/mol. The van der Waals surface area contributed by atoms with Crippen molar-refractivity contribution in [2.45, 2.75) is 13.8 Å². The third kappa shape index (κ3) is 4.07. The molecule has 21 heavy (non-hydrogen) atoms. The molecule has 2 aromatic carbocycles. The van der Waals surface area contributed by atoms with E-state index in [0.29, 0.717) is 22.0 Å². The molecule has 2 aromatic rings. The summed E-state index contributed by atoms with van der Waals surface area (Å²) in [7, 11) is 0. The first-order chi connectivity index (χ1) is 9.95. The number of rotatable bonds is 3. The molecule has 0 heterocycles. The van der Waals surface area contributed by atoms with Crippen molar-refractivity contribution in [3.63, 3.8) is 0 Å². The predicted molar refractivity (Wildman–Crippen MR) is 84.9 cm³/mol. The van der Waals surface area contributed by atoms with E-state index in [0.717, 1.165) is 5.56 Å². The van der Waals surface area contributed by atoms with Crippen molar-refractivity contribution < 1.29 is 9.59 Å². The Bertz CT molecular complexity index is 681. The molecule has 0 fully saturated rings. The van der Waals surface area contributed by atoms with Crippen LogP contribution in [-0.2, 0) is 4.79 Å². The maximum absolute atomic E-state index is 12.2. The number of benzene rings is 2. The number of nitrogens with one attached hydrogen (secondary N) is 2. The Morgan fingerprint density at radius 3 is 2.29 bits per heavy atom. The minimum absolute atomic E-state index is 0.243. The summed E-state index contributed by atoms with van der Waals surface area (Å²) in [6.07, 6.45) is 0. The van der Waals surface area contributed by atoms with Gasteiger partial charge in [-0.1, -0.05) is 29.3 Å². The van der Waals surface area contributed by atoms with Gasteiger partial charge in [-0.3, -0.25) is 9.59 Å². The van der Waals surface area contributed by atoms with Gasteiger partial charge < -0.3 is 10.6 Å². The van der Waals surface area contributed by atoms with Crippen LogP contribution >= 0.6 is 11.6 Å². The average molecular weight is 303 g/mol. The van der Waals surface area contributed by atoms with Gasteiger partial charge in [-0.05, 0) is 37.3 Å². The molecule has 0 aliphatic heterocycles. The van der Waals surface area contributed by atoms with Crippen LogP contribution in [0.5, 0.6) is 0 Å². The van der Waals surface area contributed by atoms with Gasteiger partial charge >= 0.3 is 0 Å². The van der Waals surface area contributed by atoms with Crippen LogP contribution in [-0.4, -0.2) is 11.8 Å². The molecule has 0 saturated heterocycles. The quantitative estimate of drug-likeness (QED) is 0.904. The van der Waals surface area contributed by atoms with Gasteiger partial charge in [0.15, 0.2) is 0 Å². The van der Waals surface area contributed by atoms with Crippen LogP contribution in [0.15, 0.2) is 42.5 Å². The van der Waals surface area contributed by atoms with Crippen molar-refractivity contribution in [2.75, 3.05) is 10.6 Å². The predicted octanol–water partition coefficient (Wildman–Crippen LogP) is 3.86. The fraction of sp³-hybridized carbons (Fsp3) is 0.125. The normalized spacial score (nSPS) is 10.0. The molecule has 2 N–H and O–H groups in total. The Morgan fingerprint density at radius 1 is 1.00 bits per heavy atom. The third-order valence-corrected chi connectivity index (χ3v) is 3.18. The topological polar surface area (TPSA) is 58.2 Å². The molecular weight excluding hydrogens is 288 g/mol. The fourth-order valence-electron chi connectivity index (χ4n) is 1.79. The molecule has 0 spiro atoms. The maximum atomic E-state index is 12.2. The fourth-order valence-corrected chi connectivity index (χ4v) is 1.96. The third-order valence-electron chi connectivity index (χ3n) is 2.85. The Kier molecular flexibility index (Phi) is 4.60. The van der Waals surface area contributed by atoms with Gasteiger partial charge in [0.2, 0.25) is 5.91 Å². The highest BCUT2D eigenvalue weighted by Crippen LogP contribution is 2.23. The number of carbonyl (C=O) groups is 2. The summed E-state index contributed by atoms with van der Waals surface area (Å²) < 4.78 is 0. The molecule has 0 radical (unpaired) electrons. The molecule has 0 aromatic heterocycles. The van der Waals surface area contributed by atoms with Gasteiger partial charge in [-0.2, -0.15) is 0 Å². The van der Waals surface area contributed by atoms with Gasteiger partial charge in [0, 0.05) is 18.2 Å². The second kappa shape index (κ2) is 6.41. The van der Waals surface area contributed by atoms with Gasteiger partial charge in [0.05, 0.1) is 10.7 Å². The maximum Gasteiger partial charge on any atom is 0.255 e. The van der Waals surface area contributed by atoms with E-state index >= 15 is 0 Å². The molecule has 0 bridgehead atoms. The van der Waals surface area contributed by atoms with E-state index in [1.54, 1.807) is 18.2 Å². The zero-order valence-corrected chi connectivity index (χ0v) is 12.5. The molecule has 0 atom stereocenters. The molecule has 0 saturated carbocycles. The Balaban J connectivity index is 2.19. The minimum atomic E-state index is -0.262. The highest BCUT2D eigenvalue weighted by molar-refractivity contribution is 6.34. The van der Waals surface area contributed by atoms with Crippen molar-refractivity contribution in [1.82, 2.24) is 0 Å². The van der Waals surface area contributed by atoms with Crippen molar-refractivity contribution in [2.24, 2.45) is 0 Å². The van der Waals surface area contributed by atoms with E-state index in [4.69, 9.17) is 11.6 Å². The van der Waals surface area contributed by atoms with Gasteiger partial charge in [-0.15, -0.1) is 0 Å². The Morgan fingerprint density at radius 2 is 1.67 bits per heavy atom. The summed E-state index contributed by atoms with van der Waals surface area (Å²) in [4.78, 5) is 23.3. The summed E-state index contributed by atoms with van der Waals surface area (Å²) in [5.74, 6) is -0.505. The van der Waals surface area contributed by atoms with E-state index in [2.05, 4.69) is 10.6 Å². The largest absolute Gasteiger partial charge is 0.325 e. The number of hydrogen-bond donors (Lipinski definition) is 2. The second-order valence-corrected chi connectivity index (χ2v) is 5.10. The van der Waals surface area contributed by atoms with Crippen molar-refractivity contribution in [3.05, 3.63) is 58.6 Å². The lowest BCUT2D eigenvalue weighted by atomic mass is 10.1. The molecule has 0 aliphatic rings. The summed E-state index contributed by atoms with van der Waals surface area (Å²) in [5, 5.41) is 5.77. The number of halogens is 1. The van der Waals surface area contributed by atoms with Crippen LogP contribution in [0.1, 0.15) is 22.8 Å². The number of amides is 2. The van der Waals surface area contributed by atoms with E-state index < -0.39 is 0 Å². The summed E-state index contributed by atoms with van der Waals surface area (Å²) in [6, 6.07) is 12.2. The molecular formula is C16H15ClN2O2. The highest BCUT2D eigenvalue weighted by atomic mass is 35.5. The van der Waals surface area contributed by atoms with Gasteiger partial charge in [0.25, 0.3) is 5.91 Å². The van der Waals surface area contributed by atoms with E-state index in [1.165, 1.54) is 6.92 Å². The highest BCUT2D eigenvalue weighted by Gasteiger charge is 2.10. The number of hydrogen-bond acceptors (Lipinski definition) is 2. The smallest absolute Gasteiger partial charge is 0.255 e. The lowest BCUT2D eigenvalue weighted by molar-refractivity contribution is -0.114. The first-order valence-corrected chi connectivity index (χ1v) is 6.78. The van der Waals surface area contributed by atoms with Gasteiger partial charge in [0.1, 0.15) is 0 Å². The first kappa shape index (κ1) is 15.1. The molecule has 4 nitrogen and oxygen atoms in total. The van der Waals surface area contributed by atoms with Crippen LogP contribution in [0, 0.1) is 6.92 Å². The summed E-state index contributed by atoms with van der Waals surface area (Å²) in [5.41, 5.74) is 2.67. The zero-order chi connectivity index (χ0) is 15.4. The van der Waals surface area contributed by atoms with E-state index in [-0.39, 0.29) is 11.8 Å². The SMILES string of the molecule is CC(=O)Nc1cc(C(=O)Nc2ccc(C)cc2)ccc1Cl.